The first-order chi connectivity index (χ1) is 7.02. The molecule has 0 saturated heterocycles. The van der Waals surface area contributed by atoms with Crippen LogP contribution in [0.3, 0.4) is 0 Å². The molecule has 0 bridgehead atoms. The Morgan fingerprint density at radius 2 is 1.93 bits per heavy atom. The molecule has 0 saturated carbocycles. The van der Waals surface area contributed by atoms with E-state index in [1.807, 2.05) is 0 Å². The molecule has 0 aliphatic heterocycles. The number of aliphatic carboxylic acids is 1. The van der Waals surface area contributed by atoms with E-state index in [0.717, 1.165) is 12.1 Å². The summed E-state index contributed by atoms with van der Waals surface area (Å²) in [6.45, 7) is 0. The fourth-order valence-corrected chi connectivity index (χ4v) is 0.886. The third kappa shape index (κ3) is 2.70. The molecule has 15 heavy (non-hydrogen) atoms. The third-order valence-corrected chi connectivity index (χ3v) is 1.61. The normalized spacial score (nSPS) is 10.5. The largest absolute Gasteiger partial charge is 0.475 e. The molecule has 0 unspecified atom stereocenters. The predicted octanol–water partition coefficient (Wildman–Crippen LogP) is 1.63. The Morgan fingerprint density at radius 3 is 2.53 bits per heavy atom. The maximum absolute atomic E-state index is 13.0. The highest BCUT2D eigenvalue weighted by atomic mass is 19.2. The van der Waals surface area contributed by atoms with E-state index in [4.69, 9.17) is 5.11 Å². The summed E-state index contributed by atoms with van der Waals surface area (Å²) >= 11 is 0. The molecule has 0 spiro atoms. The number of carbonyl (C=O) groups excluding carboxylic acids is 1. The zero-order chi connectivity index (χ0) is 11.4. The first-order valence-corrected chi connectivity index (χ1v) is 3.91. The van der Waals surface area contributed by atoms with Crippen molar-refractivity contribution in [2.45, 2.75) is 0 Å². The lowest BCUT2D eigenvalue weighted by atomic mass is 10.2. The first kappa shape index (κ1) is 11.0. The van der Waals surface area contributed by atoms with Gasteiger partial charge in [-0.05, 0) is 18.2 Å². The summed E-state index contributed by atoms with van der Waals surface area (Å²) < 4.78 is 25.6. The minimum Gasteiger partial charge on any atom is -0.475 e. The number of rotatable bonds is 3. The second kappa shape index (κ2) is 4.45. The number of benzene rings is 1. The predicted molar refractivity (Wildman–Crippen MR) is 48.0 cm³/mol. The van der Waals surface area contributed by atoms with E-state index in [9.17, 15) is 18.4 Å². The van der Waals surface area contributed by atoms with Gasteiger partial charge in [-0.2, -0.15) is 0 Å². The fraction of sp³-hybridized carbons (Fsp3) is 0. The monoisotopic (exact) mass is 212 g/mol. The quantitative estimate of drug-likeness (QED) is 0.612. The molecule has 0 atom stereocenters. The van der Waals surface area contributed by atoms with Crippen molar-refractivity contribution in [3.63, 3.8) is 0 Å². The van der Waals surface area contributed by atoms with Crippen molar-refractivity contribution in [1.29, 1.82) is 0 Å². The molecule has 78 valence electrons. The highest BCUT2D eigenvalue weighted by Gasteiger charge is 2.08. The summed E-state index contributed by atoms with van der Waals surface area (Å²) in [5, 5.41) is 8.22. The molecule has 0 radical (unpaired) electrons. The van der Waals surface area contributed by atoms with Gasteiger partial charge >= 0.3 is 5.97 Å². The summed E-state index contributed by atoms with van der Waals surface area (Å²) in [5.74, 6) is -5.02. The van der Waals surface area contributed by atoms with Gasteiger partial charge in [0, 0.05) is 5.56 Å². The minimum absolute atomic E-state index is 0.176. The van der Waals surface area contributed by atoms with Gasteiger partial charge in [-0.15, -0.1) is 0 Å². The lowest BCUT2D eigenvalue weighted by Crippen LogP contribution is -2.08. The van der Waals surface area contributed by atoms with Crippen LogP contribution in [-0.2, 0) is 9.59 Å². The number of ketones is 1. The molecule has 0 heterocycles. The molecule has 5 heteroatoms. The Morgan fingerprint density at radius 1 is 1.27 bits per heavy atom. The Kier molecular flexibility index (Phi) is 3.28. The van der Waals surface area contributed by atoms with Crippen molar-refractivity contribution >= 4 is 17.8 Å². The minimum atomic E-state index is -1.65. The number of halogens is 2. The maximum Gasteiger partial charge on any atom is 0.376 e. The van der Waals surface area contributed by atoms with Crippen LogP contribution < -0.4 is 0 Å². The second-order valence-electron chi connectivity index (χ2n) is 2.65. The molecular formula is C10H6F2O3. The van der Waals surface area contributed by atoms with Gasteiger partial charge in [-0.3, -0.25) is 4.79 Å². The molecular weight excluding hydrogens is 206 g/mol. The van der Waals surface area contributed by atoms with Crippen LogP contribution >= 0.6 is 0 Å². The van der Waals surface area contributed by atoms with Gasteiger partial charge in [0.1, 0.15) is 0 Å². The number of carbonyl (C=O) groups is 2. The Labute approximate surface area is 83.6 Å². The molecule has 0 aromatic heterocycles. The Balaban J connectivity index is 2.95. The van der Waals surface area contributed by atoms with E-state index in [1.165, 1.54) is 12.1 Å². The number of carboxylic acids is 1. The number of carboxylic acid groups (broad SMARTS) is 1. The van der Waals surface area contributed by atoms with Gasteiger partial charge < -0.3 is 5.11 Å². The molecule has 0 amide bonds. The van der Waals surface area contributed by atoms with Crippen molar-refractivity contribution in [2.75, 3.05) is 0 Å². The van der Waals surface area contributed by atoms with Crippen molar-refractivity contribution < 1.29 is 23.5 Å². The second-order valence-corrected chi connectivity index (χ2v) is 2.65. The zero-order valence-corrected chi connectivity index (χ0v) is 7.41. The highest BCUT2D eigenvalue weighted by molar-refractivity contribution is 6.38. The van der Waals surface area contributed by atoms with Crippen LogP contribution in [0.1, 0.15) is 5.56 Å². The highest BCUT2D eigenvalue weighted by Crippen LogP contribution is 2.12. The zero-order valence-electron chi connectivity index (χ0n) is 7.41. The van der Waals surface area contributed by atoms with Gasteiger partial charge in [0.25, 0.3) is 5.78 Å². The summed E-state index contributed by atoms with van der Waals surface area (Å²) in [4.78, 5) is 20.7. The van der Waals surface area contributed by atoms with Crippen molar-refractivity contribution in [2.24, 2.45) is 0 Å². The average Bonchev–Trinajstić information content (AvgIpc) is 2.19. The maximum atomic E-state index is 13.0. The number of hydrogen-bond acceptors (Lipinski definition) is 2. The van der Waals surface area contributed by atoms with Crippen molar-refractivity contribution in [3.8, 4) is 0 Å². The van der Waals surface area contributed by atoms with Gasteiger partial charge in [0.05, 0.1) is 0 Å². The molecule has 0 fully saturated rings. The lowest BCUT2D eigenvalue weighted by molar-refractivity contribution is -0.146. The molecule has 3 nitrogen and oxygen atoms in total. The Bertz CT molecular complexity index is 438. The average molecular weight is 212 g/mol. The van der Waals surface area contributed by atoms with Crippen LogP contribution in [0.25, 0.3) is 6.08 Å². The van der Waals surface area contributed by atoms with E-state index >= 15 is 0 Å². The van der Waals surface area contributed by atoms with Crippen LogP contribution in [0, 0.1) is 11.6 Å². The smallest absolute Gasteiger partial charge is 0.376 e. The van der Waals surface area contributed by atoms with Crippen molar-refractivity contribution in [3.05, 3.63) is 41.5 Å². The van der Waals surface area contributed by atoms with E-state index in [2.05, 4.69) is 0 Å². The molecule has 0 aliphatic rings. The summed E-state index contributed by atoms with van der Waals surface area (Å²) in [7, 11) is 0. The topological polar surface area (TPSA) is 54.4 Å². The summed E-state index contributed by atoms with van der Waals surface area (Å²) in [6.07, 6.45) is 1.58. The van der Waals surface area contributed by atoms with Crippen LogP contribution in [0.15, 0.2) is 24.3 Å². The molecule has 1 N–H and O–H groups in total. The van der Waals surface area contributed by atoms with Gasteiger partial charge in [0.2, 0.25) is 0 Å². The molecule has 1 aromatic rings. The van der Waals surface area contributed by atoms with E-state index in [-0.39, 0.29) is 5.56 Å². The Hall–Kier alpha value is -2.04. The summed E-state index contributed by atoms with van der Waals surface area (Å²) in [6, 6.07) is 3.40. The fourth-order valence-electron chi connectivity index (χ4n) is 0.886. The lowest BCUT2D eigenvalue weighted by Gasteiger charge is -1.96. The summed E-state index contributed by atoms with van der Waals surface area (Å²) in [5.41, 5.74) is -0.176. The van der Waals surface area contributed by atoms with Gasteiger partial charge in [0.15, 0.2) is 11.6 Å². The molecule has 1 rings (SSSR count). The number of hydrogen-bond donors (Lipinski definition) is 1. The van der Waals surface area contributed by atoms with Crippen LogP contribution in [0.4, 0.5) is 8.78 Å². The molecule has 1 aromatic carbocycles. The third-order valence-electron chi connectivity index (χ3n) is 1.61. The van der Waals surface area contributed by atoms with Crippen molar-refractivity contribution in [1.82, 2.24) is 0 Å². The van der Waals surface area contributed by atoms with E-state index in [0.29, 0.717) is 6.08 Å². The van der Waals surface area contributed by atoms with E-state index in [1.54, 1.807) is 0 Å². The SMILES string of the molecule is O=C(O)C(=O)/C=C/c1cccc(F)c1F. The standard InChI is InChI=1S/C10H6F2O3/c11-7-3-1-2-6(9(7)12)4-5-8(13)10(14)15/h1-5H,(H,14,15)/b5-4+. The first-order valence-electron chi connectivity index (χ1n) is 3.91. The van der Waals surface area contributed by atoms with Crippen LogP contribution in [0.5, 0.6) is 0 Å². The van der Waals surface area contributed by atoms with Gasteiger partial charge in [-0.1, -0.05) is 12.1 Å². The van der Waals surface area contributed by atoms with Crippen LogP contribution in [0.2, 0.25) is 0 Å². The van der Waals surface area contributed by atoms with Gasteiger partial charge in [-0.25, -0.2) is 13.6 Å². The molecule has 0 aliphatic carbocycles. The van der Waals surface area contributed by atoms with Crippen LogP contribution in [-0.4, -0.2) is 16.9 Å². The van der Waals surface area contributed by atoms with E-state index < -0.39 is 23.4 Å².